The summed E-state index contributed by atoms with van der Waals surface area (Å²) in [6.45, 7) is 2.20. The molecule has 0 unspecified atom stereocenters. The van der Waals surface area contributed by atoms with Crippen LogP contribution in [-0.4, -0.2) is 23.2 Å². The van der Waals surface area contributed by atoms with Crippen LogP contribution in [0.15, 0.2) is 51.5 Å². The number of nitrogens with zero attached hydrogens (tertiary/aromatic N) is 2. The highest BCUT2D eigenvalue weighted by molar-refractivity contribution is 9.10. The number of benzene rings is 2. The summed E-state index contributed by atoms with van der Waals surface area (Å²) in [4.78, 5) is 16.4. The third-order valence-corrected chi connectivity index (χ3v) is 4.58. The van der Waals surface area contributed by atoms with Crippen LogP contribution in [-0.2, 0) is 17.8 Å². The van der Waals surface area contributed by atoms with Crippen LogP contribution in [0, 0.1) is 6.92 Å². The van der Waals surface area contributed by atoms with Gasteiger partial charge >= 0.3 is 0 Å². The van der Waals surface area contributed by atoms with E-state index in [0.717, 1.165) is 26.9 Å². The zero-order valence-corrected chi connectivity index (χ0v) is 16.7. The molecule has 3 aromatic rings. The van der Waals surface area contributed by atoms with Crippen molar-refractivity contribution in [2.24, 2.45) is 0 Å². The lowest BCUT2D eigenvalue weighted by Gasteiger charge is -2.07. The SMILES string of the molecule is COc1ccc(CCC(=O)NCc2nc(-c3cccc(Br)c3)no2)cc1C. The molecular formula is C20H20BrN3O3. The minimum absolute atomic E-state index is 0.0642. The Morgan fingerprint density at radius 3 is 2.85 bits per heavy atom. The largest absolute Gasteiger partial charge is 0.496 e. The molecule has 0 aliphatic heterocycles. The summed E-state index contributed by atoms with van der Waals surface area (Å²) in [5.74, 6) is 1.65. The number of ether oxygens (including phenoxy) is 1. The Labute approximate surface area is 166 Å². The summed E-state index contributed by atoms with van der Waals surface area (Å²) in [7, 11) is 1.65. The highest BCUT2D eigenvalue weighted by Crippen LogP contribution is 2.21. The van der Waals surface area contributed by atoms with Crippen LogP contribution in [0.5, 0.6) is 5.75 Å². The molecule has 0 saturated heterocycles. The topological polar surface area (TPSA) is 77.2 Å². The molecule has 2 aromatic carbocycles. The van der Waals surface area contributed by atoms with E-state index >= 15 is 0 Å². The minimum Gasteiger partial charge on any atom is -0.496 e. The summed E-state index contributed by atoms with van der Waals surface area (Å²) in [6.07, 6.45) is 1.04. The van der Waals surface area contributed by atoms with Gasteiger partial charge in [0.25, 0.3) is 0 Å². The minimum atomic E-state index is -0.0642. The molecular weight excluding hydrogens is 410 g/mol. The number of aryl methyl sites for hydroxylation is 2. The molecule has 0 bridgehead atoms. The van der Waals surface area contributed by atoms with Crippen molar-refractivity contribution in [1.82, 2.24) is 15.5 Å². The first-order chi connectivity index (χ1) is 13.0. The second-order valence-corrected chi connectivity index (χ2v) is 7.02. The van der Waals surface area contributed by atoms with Gasteiger partial charge in [-0.05, 0) is 42.7 Å². The molecule has 27 heavy (non-hydrogen) atoms. The average Bonchev–Trinajstić information content (AvgIpc) is 3.14. The maximum atomic E-state index is 12.1. The molecule has 1 N–H and O–H groups in total. The first-order valence-corrected chi connectivity index (χ1v) is 9.33. The van der Waals surface area contributed by atoms with E-state index in [4.69, 9.17) is 9.26 Å². The Hall–Kier alpha value is -2.67. The van der Waals surface area contributed by atoms with Gasteiger partial charge in [0.1, 0.15) is 5.75 Å². The summed E-state index contributed by atoms with van der Waals surface area (Å²) >= 11 is 3.41. The van der Waals surface area contributed by atoms with E-state index in [1.807, 2.05) is 49.4 Å². The molecule has 0 aliphatic carbocycles. The maximum absolute atomic E-state index is 12.1. The van der Waals surface area contributed by atoms with Gasteiger partial charge in [-0.15, -0.1) is 0 Å². The van der Waals surface area contributed by atoms with Gasteiger partial charge in [-0.25, -0.2) is 0 Å². The van der Waals surface area contributed by atoms with Gasteiger partial charge in [0, 0.05) is 16.5 Å². The number of carbonyl (C=O) groups is 1. The molecule has 0 aliphatic rings. The van der Waals surface area contributed by atoms with Crippen molar-refractivity contribution in [2.75, 3.05) is 7.11 Å². The van der Waals surface area contributed by atoms with Gasteiger partial charge in [-0.3, -0.25) is 4.79 Å². The number of hydrogen-bond donors (Lipinski definition) is 1. The van der Waals surface area contributed by atoms with E-state index in [0.29, 0.717) is 24.6 Å². The van der Waals surface area contributed by atoms with Gasteiger partial charge in [0.05, 0.1) is 13.7 Å². The van der Waals surface area contributed by atoms with Crippen molar-refractivity contribution >= 4 is 21.8 Å². The summed E-state index contributed by atoms with van der Waals surface area (Å²) in [5, 5.41) is 6.77. The number of amides is 1. The molecule has 0 spiro atoms. The monoisotopic (exact) mass is 429 g/mol. The standard InChI is InChI=1S/C20H20BrN3O3/c1-13-10-14(6-8-17(13)26-2)7-9-18(25)22-12-19-23-20(24-27-19)15-4-3-5-16(21)11-15/h3-6,8,10-11H,7,9,12H2,1-2H3,(H,22,25). The van der Waals surface area contributed by atoms with E-state index in [2.05, 4.69) is 31.4 Å². The number of nitrogens with one attached hydrogen (secondary N) is 1. The second kappa shape index (κ2) is 8.81. The van der Waals surface area contributed by atoms with E-state index in [1.165, 1.54) is 0 Å². The Bertz CT molecular complexity index is 940. The Kier molecular flexibility index (Phi) is 6.24. The van der Waals surface area contributed by atoms with Crippen LogP contribution in [0.25, 0.3) is 11.4 Å². The Morgan fingerprint density at radius 1 is 1.26 bits per heavy atom. The van der Waals surface area contributed by atoms with Crippen molar-refractivity contribution in [3.63, 3.8) is 0 Å². The zero-order chi connectivity index (χ0) is 19.2. The van der Waals surface area contributed by atoms with Gasteiger partial charge in [0.2, 0.25) is 17.6 Å². The smallest absolute Gasteiger partial charge is 0.246 e. The number of rotatable bonds is 7. The predicted molar refractivity (Wildman–Crippen MR) is 105 cm³/mol. The molecule has 3 rings (SSSR count). The fourth-order valence-electron chi connectivity index (χ4n) is 2.69. The molecule has 0 radical (unpaired) electrons. The van der Waals surface area contributed by atoms with Crippen molar-refractivity contribution in [3.05, 3.63) is 64.0 Å². The normalized spacial score (nSPS) is 10.6. The average molecular weight is 430 g/mol. The van der Waals surface area contributed by atoms with E-state index < -0.39 is 0 Å². The van der Waals surface area contributed by atoms with E-state index in [9.17, 15) is 4.79 Å². The number of carbonyl (C=O) groups excluding carboxylic acids is 1. The van der Waals surface area contributed by atoms with Crippen LogP contribution < -0.4 is 10.1 Å². The number of halogens is 1. The molecule has 0 fully saturated rings. The number of methoxy groups -OCH3 is 1. The molecule has 0 atom stereocenters. The second-order valence-electron chi connectivity index (χ2n) is 6.10. The van der Waals surface area contributed by atoms with Gasteiger partial charge in [0.15, 0.2) is 0 Å². The van der Waals surface area contributed by atoms with Crippen molar-refractivity contribution in [3.8, 4) is 17.1 Å². The van der Waals surface area contributed by atoms with Gasteiger partial charge in [-0.1, -0.05) is 45.4 Å². The van der Waals surface area contributed by atoms with Crippen molar-refractivity contribution in [1.29, 1.82) is 0 Å². The molecule has 7 heteroatoms. The lowest BCUT2D eigenvalue weighted by molar-refractivity contribution is -0.121. The van der Waals surface area contributed by atoms with Gasteiger partial charge in [-0.2, -0.15) is 4.98 Å². The van der Waals surface area contributed by atoms with Crippen molar-refractivity contribution in [2.45, 2.75) is 26.3 Å². The zero-order valence-electron chi connectivity index (χ0n) is 15.2. The maximum Gasteiger partial charge on any atom is 0.246 e. The number of aromatic nitrogens is 2. The lowest BCUT2D eigenvalue weighted by Crippen LogP contribution is -2.23. The Morgan fingerprint density at radius 2 is 2.11 bits per heavy atom. The third kappa shape index (κ3) is 5.17. The fourth-order valence-corrected chi connectivity index (χ4v) is 3.09. The molecule has 1 heterocycles. The van der Waals surface area contributed by atoms with Crippen LogP contribution in [0.2, 0.25) is 0 Å². The van der Waals surface area contributed by atoms with Crippen LogP contribution >= 0.6 is 15.9 Å². The summed E-state index contributed by atoms with van der Waals surface area (Å²) in [5.41, 5.74) is 3.00. The first-order valence-electron chi connectivity index (χ1n) is 8.54. The summed E-state index contributed by atoms with van der Waals surface area (Å²) in [6, 6.07) is 13.6. The third-order valence-electron chi connectivity index (χ3n) is 4.09. The van der Waals surface area contributed by atoms with Crippen molar-refractivity contribution < 1.29 is 14.1 Å². The summed E-state index contributed by atoms with van der Waals surface area (Å²) < 4.78 is 11.4. The predicted octanol–water partition coefficient (Wildman–Crippen LogP) is 4.07. The molecule has 1 amide bonds. The molecule has 6 nitrogen and oxygen atoms in total. The highest BCUT2D eigenvalue weighted by atomic mass is 79.9. The molecule has 0 saturated carbocycles. The molecule has 1 aromatic heterocycles. The quantitative estimate of drug-likeness (QED) is 0.612. The van der Waals surface area contributed by atoms with Crippen LogP contribution in [0.3, 0.4) is 0 Å². The Balaban J connectivity index is 1.50. The van der Waals surface area contributed by atoms with Crippen LogP contribution in [0.1, 0.15) is 23.4 Å². The molecule has 140 valence electrons. The number of hydrogen-bond acceptors (Lipinski definition) is 5. The first kappa shape index (κ1) is 19.1. The van der Waals surface area contributed by atoms with E-state index in [1.54, 1.807) is 7.11 Å². The lowest BCUT2D eigenvalue weighted by atomic mass is 10.1. The fraction of sp³-hybridized carbons (Fsp3) is 0.250. The van der Waals surface area contributed by atoms with Crippen LogP contribution in [0.4, 0.5) is 0 Å². The van der Waals surface area contributed by atoms with Gasteiger partial charge < -0.3 is 14.6 Å². The highest BCUT2D eigenvalue weighted by Gasteiger charge is 2.10. The van der Waals surface area contributed by atoms with E-state index in [-0.39, 0.29) is 12.5 Å².